The van der Waals surface area contributed by atoms with Crippen LogP contribution in [-0.2, 0) is 6.54 Å². The van der Waals surface area contributed by atoms with Gasteiger partial charge in [-0.05, 0) is 26.1 Å². The van der Waals surface area contributed by atoms with Crippen molar-refractivity contribution in [3.63, 3.8) is 0 Å². The topological polar surface area (TPSA) is 78.3 Å². The van der Waals surface area contributed by atoms with Gasteiger partial charge in [0.15, 0.2) is 0 Å². The van der Waals surface area contributed by atoms with Crippen LogP contribution in [0.4, 0.5) is 5.69 Å². The van der Waals surface area contributed by atoms with Gasteiger partial charge in [-0.2, -0.15) is 0 Å². The van der Waals surface area contributed by atoms with E-state index in [9.17, 15) is 4.79 Å². The van der Waals surface area contributed by atoms with Gasteiger partial charge < -0.3 is 10.4 Å². The number of aliphatic hydroxyl groups is 1. The Balaban J connectivity index is 1.98. The highest BCUT2D eigenvalue weighted by atomic mass is 32.1. The minimum Gasteiger partial charge on any atom is -0.395 e. The minimum absolute atomic E-state index is 0.0375. The lowest BCUT2D eigenvalue weighted by molar-refractivity contribution is 0.102. The Hall–Kier alpha value is -1.83. The number of aliphatic hydroxyl groups excluding tert-OH is 1. The van der Waals surface area contributed by atoms with Gasteiger partial charge in [0.2, 0.25) is 5.01 Å². The van der Waals surface area contributed by atoms with Crippen LogP contribution in [0.5, 0.6) is 0 Å². The molecule has 0 spiro atoms. The van der Waals surface area contributed by atoms with Crippen molar-refractivity contribution in [2.75, 3.05) is 19.0 Å². The van der Waals surface area contributed by atoms with Crippen LogP contribution in [0.25, 0.3) is 0 Å². The zero-order chi connectivity index (χ0) is 15.2. The molecule has 1 unspecified atom stereocenters. The van der Waals surface area contributed by atoms with Crippen LogP contribution < -0.4 is 5.32 Å². The summed E-state index contributed by atoms with van der Waals surface area (Å²) in [5.41, 5.74) is 0.727. The quantitative estimate of drug-likeness (QED) is 0.847. The SMILES string of the molecule is CC(CO)N(C)Cc1nnc(C(=O)Nc2ccccc2)s1. The number of nitrogens with one attached hydrogen (secondary N) is 1. The fourth-order valence-corrected chi connectivity index (χ4v) is 2.42. The Bertz CT molecular complexity index is 588. The summed E-state index contributed by atoms with van der Waals surface area (Å²) in [7, 11) is 1.89. The number of benzene rings is 1. The molecule has 2 rings (SSSR count). The summed E-state index contributed by atoms with van der Waals surface area (Å²) in [6, 6.07) is 9.26. The van der Waals surface area contributed by atoms with Gasteiger partial charge in [-0.3, -0.25) is 9.69 Å². The number of nitrogens with zero attached hydrogens (tertiary/aromatic N) is 3. The fraction of sp³-hybridized carbons (Fsp3) is 0.357. The van der Waals surface area contributed by atoms with Gasteiger partial charge in [-0.1, -0.05) is 29.5 Å². The van der Waals surface area contributed by atoms with Gasteiger partial charge in [0, 0.05) is 11.7 Å². The molecule has 0 aliphatic rings. The van der Waals surface area contributed by atoms with Crippen LogP contribution in [0.15, 0.2) is 30.3 Å². The number of carbonyl (C=O) groups is 1. The molecule has 0 radical (unpaired) electrons. The Morgan fingerprint density at radius 1 is 1.38 bits per heavy atom. The fourth-order valence-electron chi connectivity index (χ4n) is 1.62. The molecule has 1 atom stereocenters. The number of aromatic nitrogens is 2. The predicted molar refractivity (Wildman–Crippen MR) is 82.3 cm³/mol. The van der Waals surface area contributed by atoms with Crippen molar-refractivity contribution < 1.29 is 9.90 Å². The molecule has 0 saturated heterocycles. The summed E-state index contributed by atoms with van der Waals surface area (Å²) in [6.07, 6.45) is 0. The molecule has 2 N–H and O–H groups in total. The van der Waals surface area contributed by atoms with Crippen LogP contribution >= 0.6 is 11.3 Å². The summed E-state index contributed by atoms with van der Waals surface area (Å²) in [4.78, 5) is 14.0. The number of carbonyl (C=O) groups excluding carboxylic acids is 1. The van der Waals surface area contributed by atoms with Crippen molar-refractivity contribution in [1.29, 1.82) is 0 Å². The molecule has 1 amide bonds. The monoisotopic (exact) mass is 306 g/mol. The normalized spacial score (nSPS) is 12.4. The molecule has 6 nitrogen and oxygen atoms in total. The predicted octanol–water partition coefficient (Wildman–Crippen LogP) is 1.60. The number of rotatable bonds is 6. The molecule has 0 fully saturated rings. The van der Waals surface area contributed by atoms with E-state index in [0.29, 0.717) is 11.6 Å². The van der Waals surface area contributed by atoms with E-state index in [1.807, 2.05) is 49.2 Å². The summed E-state index contributed by atoms with van der Waals surface area (Å²) < 4.78 is 0. The van der Waals surface area contributed by atoms with Crippen molar-refractivity contribution in [2.24, 2.45) is 0 Å². The smallest absolute Gasteiger partial charge is 0.286 e. The maximum Gasteiger partial charge on any atom is 0.286 e. The van der Waals surface area contributed by atoms with Crippen molar-refractivity contribution in [1.82, 2.24) is 15.1 Å². The van der Waals surface area contributed by atoms with Crippen LogP contribution in [-0.4, -0.2) is 45.8 Å². The Kier molecular flexibility index (Phi) is 5.38. The number of amides is 1. The van der Waals surface area contributed by atoms with Gasteiger partial charge in [0.1, 0.15) is 5.01 Å². The highest BCUT2D eigenvalue weighted by Crippen LogP contribution is 2.15. The second-order valence-corrected chi connectivity index (χ2v) is 5.83. The molecule has 1 heterocycles. The Morgan fingerprint density at radius 3 is 2.76 bits per heavy atom. The van der Waals surface area contributed by atoms with Gasteiger partial charge >= 0.3 is 0 Å². The Morgan fingerprint density at radius 2 is 2.10 bits per heavy atom. The Labute approximate surface area is 127 Å². The average Bonchev–Trinajstić information content (AvgIpc) is 2.96. The van der Waals surface area contributed by atoms with Gasteiger partial charge in [0.05, 0.1) is 13.2 Å². The zero-order valence-corrected chi connectivity index (χ0v) is 12.8. The van der Waals surface area contributed by atoms with E-state index in [2.05, 4.69) is 15.5 Å². The third-order valence-electron chi connectivity index (χ3n) is 3.09. The molecular formula is C14H18N4O2S. The van der Waals surface area contributed by atoms with Crippen molar-refractivity contribution in [3.8, 4) is 0 Å². The maximum atomic E-state index is 12.0. The van der Waals surface area contributed by atoms with Crippen molar-refractivity contribution in [3.05, 3.63) is 40.3 Å². The first-order valence-corrected chi connectivity index (χ1v) is 7.41. The van der Waals surface area contributed by atoms with Gasteiger partial charge in [-0.15, -0.1) is 10.2 Å². The average molecular weight is 306 g/mol. The number of likely N-dealkylation sites (N-methyl/N-ethyl adjacent to an activating group) is 1. The largest absolute Gasteiger partial charge is 0.395 e. The van der Waals surface area contributed by atoms with E-state index in [1.54, 1.807) is 0 Å². The number of hydrogen-bond acceptors (Lipinski definition) is 6. The standard InChI is InChI=1S/C14H18N4O2S/c1-10(9-19)18(2)8-12-16-17-14(21-12)13(20)15-11-6-4-3-5-7-11/h3-7,10,19H,8-9H2,1-2H3,(H,15,20). The van der Waals surface area contributed by atoms with E-state index in [1.165, 1.54) is 11.3 Å². The second-order valence-electron chi connectivity index (χ2n) is 4.77. The summed E-state index contributed by atoms with van der Waals surface area (Å²) >= 11 is 1.26. The van der Waals surface area contributed by atoms with Gasteiger partial charge in [-0.25, -0.2) is 0 Å². The zero-order valence-electron chi connectivity index (χ0n) is 12.0. The third kappa shape index (κ3) is 4.32. The second kappa shape index (κ2) is 7.26. The van der Waals surface area contributed by atoms with E-state index < -0.39 is 0 Å². The maximum absolute atomic E-state index is 12.0. The summed E-state index contributed by atoms with van der Waals surface area (Å²) in [5.74, 6) is -0.261. The third-order valence-corrected chi connectivity index (χ3v) is 4.00. The molecule has 7 heteroatoms. The number of para-hydroxylation sites is 1. The summed E-state index contributed by atoms with van der Waals surface area (Å²) in [5, 5.41) is 20.9. The summed E-state index contributed by atoms with van der Waals surface area (Å²) in [6.45, 7) is 2.55. The highest BCUT2D eigenvalue weighted by Gasteiger charge is 2.15. The van der Waals surface area contributed by atoms with Crippen molar-refractivity contribution in [2.45, 2.75) is 19.5 Å². The molecule has 0 bridgehead atoms. The molecule has 2 aromatic rings. The lowest BCUT2D eigenvalue weighted by atomic mass is 10.3. The van der Waals surface area contributed by atoms with Crippen molar-refractivity contribution >= 4 is 22.9 Å². The minimum atomic E-state index is -0.261. The molecule has 0 aliphatic heterocycles. The van der Waals surface area contributed by atoms with Crippen LogP contribution in [0.1, 0.15) is 21.7 Å². The molecular weight excluding hydrogens is 288 g/mol. The molecule has 1 aromatic carbocycles. The van der Waals surface area contributed by atoms with E-state index in [4.69, 9.17) is 5.11 Å². The molecule has 112 valence electrons. The molecule has 0 saturated carbocycles. The van der Waals surface area contributed by atoms with E-state index in [0.717, 1.165) is 10.7 Å². The van der Waals surface area contributed by atoms with Crippen LogP contribution in [0, 0.1) is 0 Å². The lowest BCUT2D eigenvalue weighted by Crippen LogP contribution is -2.31. The lowest BCUT2D eigenvalue weighted by Gasteiger charge is -2.20. The number of hydrogen-bond donors (Lipinski definition) is 2. The van der Waals surface area contributed by atoms with Crippen LogP contribution in [0.2, 0.25) is 0 Å². The van der Waals surface area contributed by atoms with Crippen LogP contribution in [0.3, 0.4) is 0 Å². The first-order chi connectivity index (χ1) is 10.1. The molecule has 1 aromatic heterocycles. The van der Waals surface area contributed by atoms with E-state index in [-0.39, 0.29) is 18.6 Å². The first kappa shape index (κ1) is 15.6. The molecule has 0 aliphatic carbocycles. The van der Waals surface area contributed by atoms with Gasteiger partial charge in [0.25, 0.3) is 5.91 Å². The number of anilines is 1. The first-order valence-electron chi connectivity index (χ1n) is 6.60. The highest BCUT2D eigenvalue weighted by molar-refractivity contribution is 7.13. The van der Waals surface area contributed by atoms with E-state index >= 15 is 0 Å². The molecule has 21 heavy (non-hydrogen) atoms.